The molecule has 1 atom stereocenters. The van der Waals surface area contributed by atoms with Gasteiger partial charge in [0.1, 0.15) is 0 Å². The SMILES string of the molecule is CCNC(=NCC1CCCN(C)C1)N1CCC(=Cc2ccccc2)CC1.I. The van der Waals surface area contributed by atoms with Gasteiger partial charge in [-0.2, -0.15) is 0 Å². The van der Waals surface area contributed by atoms with E-state index in [9.17, 15) is 0 Å². The highest BCUT2D eigenvalue weighted by molar-refractivity contribution is 14.0. The fourth-order valence-electron chi connectivity index (χ4n) is 4.00. The third kappa shape index (κ3) is 7.11. The molecule has 4 nitrogen and oxygen atoms in total. The zero-order valence-corrected chi connectivity index (χ0v) is 19.2. The van der Waals surface area contributed by atoms with Crippen molar-refractivity contribution in [3.8, 4) is 0 Å². The van der Waals surface area contributed by atoms with Crippen LogP contribution in [0.15, 0.2) is 40.9 Å². The number of halogens is 1. The lowest BCUT2D eigenvalue weighted by Gasteiger charge is -2.33. The number of hydrogen-bond acceptors (Lipinski definition) is 2. The summed E-state index contributed by atoms with van der Waals surface area (Å²) in [6.07, 6.45) is 7.25. The largest absolute Gasteiger partial charge is 0.357 e. The molecule has 5 heteroatoms. The van der Waals surface area contributed by atoms with Gasteiger partial charge in [0.15, 0.2) is 5.96 Å². The number of rotatable bonds is 4. The van der Waals surface area contributed by atoms with Crippen molar-refractivity contribution in [2.45, 2.75) is 32.6 Å². The van der Waals surface area contributed by atoms with Gasteiger partial charge in [0.05, 0.1) is 0 Å². The number of aliphatic imine (C=N–C) groups is 1. The Morgan fingerprint density at radius 3 is 2.59 bits per heavy atom. The van der Waals surface area contributed by atoms with E-state index >= 15 is 0 Å². The Kier molecular flexibility index (Phi) is 9.62. The highest BCUT2D eigenvalue weighted by atomic mass is 127. The van der Waals surface area contributed by atoms with Gasteiger partial charge in [-0.05, 0) is 57.7 Å². The number of nitrogens with one attached hydrogen (secondary N) is 1. The van der Waals surface area contributed by atoms with E-state index in [-0.39, 0.29) is 24.0 Å². The fraction of sp³-hybridized carbons (Fsp3) is 0.591. The molecule has 0 amide bonds. The van der Waals surface area contributed by atoms with Crippen LogP contribution in [0.1, 0.15) is 38.2 Å². The van der Waals surface area contributed by atoms with Crippen LogP contribution in [-0.4, -0.2) is 62.1 Å². The lowest BCUT2D eigenvalue weighted by Crippen LogP contribution is -2.45. The van der Waals surface area contributed by atoms with Gasteiger partial charge in [-0.25, -0.2) is 0 Å². The van der Waals surface area contributed by atoms with Crippen molar-refractivity contribution >= 4 is 36.0 Å². The lowest BCUT2D eigenvalue weighted by molar-refractivity contribution is 0.214. The molecule has 0 aliphatic carbocycles. The van der Waals surface area contributed by atoms with Crippen LogP contribution < -0.4 is 5.32 Å². The molecule has 1 unspecified atom stereocenters. The van der Waals surface area contributed by atoms with E-state index in [1.165, 1.54) is 31.5 Å². The maximum absolute atomic E-state index is 4.99. The monoisotopic (exact) mass is 482 g/mol. The Bertz CT molecular complexity index is 604. The van der Waals surface area contributed by atoms with E-state index < -0.39 is 0 Å². The Labute approximate surface area is 182 Å². The van der Waals surface area contributed by atoms with Crippen LogP contribution in [-0.2, 0) is 0 Å². The minimum Gasteiger partial charge on any atom is -0.357 e. The van der Waals surface area contributed by atoms with Crippen molar-refractivity contribution in [2.24, 2.45) is 10.9 Å². The summed E-state index contributed by atoms with van der Waals surface area (Å²) < 4.78 is 0. The van der Waals surface area contributed by atoms with Crippen LogP contribution in [0.2, 0.25) is 0 Å². The van der Waals surface area contributed by atoms with Crippen LogP contribution in [0.5, 0.6) is 0 Å². The minimum absolute atomic E-state index is 0. The van der Waals surface area contributed by atoms with Crippen LogP contribution >= 0.6 is 24.0 Å². The second-order valence-corrected chi connectivity index (χ2v) is 7.67. The molecular formula is C22H35IN4. The normalized spacial score (nSPS) is 21.6. The molecule has 2 fully saturated rings. The highest BCUT2D eigenvalue weighted by Crippen LogP contribution is 2.20. The van der Waals surface area contributed by atoms with E-state index in [1.54, 1.807) is 5.57 Å². The van der Waals surface area contributed by atoms with Crippen LogP contribution in [0.25, 0.3) is 6.08 Å². The number of guanidine groups is 1. The van der Waals surface area contributed by atoms with Crippen molar-refractivity contribution in [3.05, 3.63) is 41.5 Å². The van der Waals surface area contributed by atoms with Crippen molar-refractivity contribution in [2.75, 3.05) is 46.3 Å². The van der Waals surface area contributed by atoms with E-state index in [0.717, 1.165) is 45.0 Å². The Hall–Kier alpha value is -1.08. The quantitative estimate of drug-likeness (QED) is 0.399. The van der Waals surface area contributed by atoms with Crippen molar-refractivity contribution < 1.29 is 0 Å². The summed E-state index contributed by atoms with van der Waals surface area (Å²) in [4.78, 5) is 9.88. The van der Waals surface area contributed by atoms with Gasteiger partial charge in [-0.1, -0.05) is 42.0 Å². The molecule has 2 saturated heterocycles. The smallest absolute Gasteiger partial charge is 0.193 e. The first kappa shape index (κ1) is 22.2. The van der Waals surface area contributed by atoms with Crippen LogP contribution in [0.3, 0.4) is 0 Å². The molecule has 2 heterocycles. The topological polar surface area (TPSA) is 30.9 Å². The van der Waals surface area contributed by atoms with Gasteiger partial charge in [0.2, 0.25) is 0 Å². The Morgan fingerprint density at radius 2 is 1.93 bits per heavy atom. The average molecular weight is 482 g/mol. The molecule has 0 radical (unpaired) electrons. The number of piperidine rings is 2. The summed E-state index contributed by atoms with van der Waals surface area (Å²) in [5.74, 6) is 1.82. The summed E-state index contributed by atoms with van der Waals surface area (Å²) in [5.41, 5.74) is 2.87. The van der Waals surface area contributed by atoms with Gasteiger partial charge < -0.3 is 15.1 Å². The number of hydrogen-bond donors (Lipinski definition) is 1. The summed E-state index contributed by atoms with van der Waals surface area (Å²) in [6, 6.07) is 10.7. The molecule has 3 rings (SSSR count). The zero-order chi connectivity index (χ0) is 18.2. The third-order valence-electron chi connectivity index (χ3n) is 5.43. The number of benzene rings is 1. The first-order valence-electron chi connectivity index (χ1n) is 10.2. The maximum Gasteiger partial charge on any atom is 0.193 e. The van der Waals surface area contributed by atoms with Crippen molar-refractivity contribution in [3.63, 3.8) is 0 Å². The van der Waals surface area contributed by atoms with E-state index in [4.69, 9.17) is 4.99 Å². The molecule has 150 valence electrons. The third-order valence-corrected chi connectivity index (χ3v) is 5.43. The highest BCUT2D eigenvalue weighted by Gasteiger charge is 2.20. The molecular weight excluding hydrogens is 447 g/mol. The van der Waals surface area contributed by atoms with E-state index in [1.807, 2.05) is 0 Å². The minimum atomic E-state index is 0. The maximum atomic E-state index is 4.99. The Morgan fingerprint density at radius 1 is 1.19 bits per heavy atom. The molecule has 27 heavy (non-hydrogen) atoms. The van der Waals surface area contributed by atoms with Crippen LogP contribution in [0, 0.1) is 5.92 Å². The van der Waals surface area contributed by atoms with Gasteiger partial charge in [0.25, 0.3) is 0 Å². The average Bonchev–Trinajstić information content (AvgIpc) is 2.67. The number of nitrogens with zero attached hydrogens (tertiary/aromatic N) is 3. The first-order chi connectivity index (χ1) is 12.7. The predicted molar refractivity (Wildman–Crippen MR) is 127 cm³/mol. The number of likely N-dealkylation sites (tertiary alicyclic amines) is 2. The molecule has 2 aliphatic rings. The van der Waals surface area contributed by atoms with E-state index in [0.29, 0.717) is 5.92 Å². The van der Waals surface area contributed by atoms with Gasteiger partial charge in [0, 0.05) is 32.7 Å². The lowest BCUT2D eigenvalue weighted by atomic mass is 9.99. The summed E-state index contributed by atoms with van der Waals surface area (Å²) >= 11 is 0. The van der Waals surface area contributed by atoms with Gasteiger partial charge in [-0.15, -0.1) is 24.0 Å². The standard InChI is InChI=1S/C22H34N4.HI/c1-3-23-22(24-17-21-10-7-13-25(2)18-21)26-14-11-20(12-15-26)16-19-8-5-4-6-9-19;/h4-6,8-9,16,21H,3,7,10-15,17-18H2,1-2H3,(H,23,24);1H. The molecule has 0 spiro atoms. The van der Waals surface area contributed by atoms with Gasteiger partial charge in [-0.3, -0.25) is 4.99 Å². The zero-order valence-electron chi connectivity index (χ0n) is 16.9. The Balaban J connectivity index is 0.00000261. The molecule has 0 saturated carbocycles. The summed E-state index contributed by atoms with van der Waals surface area (Å²) in [7, 11) is 2.23. The fourth-order valence-corrected chi connectivity index (χ4v) is 4.00. The van der Waals surface area contributed by atoms with Gasteiger partial charge >= 0.3 is 0 Å². The van der Waals surface area contributed by atoms with E-state index in [2.05, 4.69) is 65.5 Å². The van der Waals surface area contributed by atoms with Crippen molar-refractivity contribution in [1.82, 2.24) is 15.1 Å². The molecule has 2 aliphatic heterocycles. The molecule has 0 bridgehead atoms. The molecule has 1 aromatic carbocycles. The summed E-state index contributed by atoms with van der Waals surface area (Å²) in [6.45, 7) is 8.61. The summed E-state index contributed by atoms with van der Waals surface area (Å²) in [5, 5.41) is 3.51. The first-order valence-corrected chi connectivity index (χ1v) is 10.2. The predicted octanol–water partition coefficient (Wildman–Crippen LogP) is 4.09. The molecule has 0 aromatic heterocycles. The molecule has 1 aromatic rings. The second-order valence-electron chi connectivity index (χ2n) is 7.67. The second kappa shape index (κ2) is 11.7. The molecule has 1 N–H and O–H groups in total. The van der Waals surface area contributed by atoms with Crippen molar-refractivity contribution in [1.29, 1.82) is 0 Å². The van der Waals surface area contributed by atoms with Crippen LogP contribution in [0.4, 0.5) is 0 Å².